The molecular formula is C22H26N4O6. The maximum absolute atomic E-state index is 12.8. The SMILES string of the molecule is CCCCCCNC(=O)[C@H](Cc1ccccc1)NC(=O)c1cc([N+](=O)[O-])cc([N+](=O)[O-])c1. The summed E-state index contributed by atoms with van der Waals surface area (Å²) in [5.41, 5.74) is -0.614. The van der Waals surface area contributed by atoms with Crippen molar-refractivity contribution in [3.63, 3.8) is 0 Å². The van der Waals surface area contributed by atoms with Crippen LogP contribution >= 0.6 is 0 Å². The van der Waals surface area contributed by atoms with Crippen molar-refractivity contribution in [1.29, 1.82) is 0 Å². The number of nitro groups is 2. The van der Waals surface area contributed by atoms with Gasteiger partial charge in [-0.15, -0.1) is 0 Å². The number of rotatable bonds is 12. The summed E-state index contributed by atoms with van der Waals surface area (Å²) in [7, 11) is 0. The number of carbonyl (C=O) groups excluding carboxylic acids is 2. The van der Waals surface area contributed by atoms with Crippen LogP contribution < -0.4 is 10.6 Å². The second-order valence-electron chi connectivity index (χ2n) is 7.32. The summed E-state index contributed by atoms with van der Waals surface area (Å²) in [5, 5.41) is 27.6. The molecule has 1 atom stereocenters. The van der Waals surface area contributed by atoms with E-state index in [2.05, 4.69) is 17.6 Å². The van der Waals surface area contributed by atoms with Crippen molar-refractivity contribution < 1.29 is 19.4 Å². The molecule has 2 rings (SSSR count). The molecule has 2 N–H and O–H groups in total. The fourth-order valence-electron chi connectivity index (χ4n) is 3.12. The van der Waals surface area contributed by atoms with Crippen molar-refractivity contribution in [3.05, 3.63) is 79.9 Å². The number of nitrogens with zero attached hydrogens (tertiary/aromatic N) is 2. The Hall–Kier alpha value is -3.82. The monoisotopic (exact) mass is 442 g/mol. The Balaban J connectivity index is 2.20. The number of nitrogens with one attached hydrogen (secondary N) is 2. The summed E-state index contributed by atoms with van der Waals surface area (Å²) in [5.74, 6) is -1.20. The van der Waals surface area contributed by atoms with Crippen molar-refractivity contribution >= 4 is 23.2 Å². The van der Waals surface area contributed by atoms with E-state index in [0.717, 1.165) is 49.4 Å². The zero-order chi connectivity index (χ0) is 23.5. The van der Waals surface area contributed by atoms with Gasteiger partial charge in [0.05, 0.1) is 21.5 Å². The highest BCUT2D eigenvalue weighted by molar-refractivity contribution is 5.98. The van der Waals surface area contributed by atoms with Crippen LogP contribution in [0.1, 0.15) is 48.5 Å². The second-order valence-corrected chi connectivity index (χ2v) is 7.32. The first-order valence-electron chi connectivity index (χ1n) is 10.4. The summed E-state index contributed by atoms with van der Waals surface area (Å²) < 4.78 is 0. The number of unbranched alkanes of at least 4 members (excludes halogenated alkanes) is 3. The molecule has 0 spiro atoms. The van der Waals surface area contributed by atoms with E-state index in [1.54, 1.807) is 12.1 Å². The van der Waals surface area contributed by atoms with E-state index in [-0.39, 0.29) is 12.0 Å². The van der Waals surface area contributed by atoms with Gasteiger partial charge in [0.2, 0.25) is 5.91 Å². The third-order valence-electron chi connectivity index (χ3n) is 4.82. The minimum atomic E-state index is -0.950. The summed E-state index contributed by atoms with van der Waals surface area (Å²) >= 11 is 0. The quantitative estimate of drug-likeness (QED) is 0.292. The van der Waals surface area contributed by atoms with Crippen LogP contribution in [0.2, 0.25) is 0 Å². The first-order chi connectivity index (χ1) is 15.3. The number of amides is 2. The lowest BCUT2D eigenvalue weighted by Crippen LogP contribution is -2.48. The van der Waals surface area contributed by atoms with Crippen molar-refractivity contribution in [1.82, 2.24) is 10.6 Å². The number of carbonyl (C=O) groups is 2. The van der Waals surface area contributed by atoms with Gasteiger partial charge in [0.1, 0.15) is 6.04 Å². The van der Waals surface area contributed by atoms with Gasteiger partial charge in [-0.2, -0.15) is 0 Å². The smallest absolute Gasteiger partial charge is 0.277 e. The minimum absolute atomic E-state index is 0.199. The average Bonchev–Trinajstić information content (AvgIpc) is 2.78. The maximum Gasteiger partial charge on any atom is 0.277 e. The van der Waals surface area contributed by atoms with Crippen LogP contribution in [0.4, 0.5) is 11.4 Å². The van der Waals surface area contributed by atoms with Gasteiger partial charge in [0.15, 0.2) is 0 Å². The molecule has 2 aromatic carbocycles. The van der Waals surface area contributed by atoms with Crippen LogP contribution in [0.15, 0.2) is 48.5 Å². The van der Waals surface area contributed by atoms with E-state index in [1.165, 1.54) is 0 Å². The molecule has 2 aromatic rings. The summed E-state index contributed by atoms with van der Waals surface area (Å²) in [6.07, 6.45) is 4.11. The number of non-ortho nitro benzene ring substituents is 2. The summed E-state index contributed by atoms with van der Waals surface area (Å²) in [6.45, 7) is 2.55. The predicted octanol–water partition coefficient (Wildman–Crippen LogP) is 3.54. The van der Waals surface area contributed by atoms with Crippen molar-refractivity contribution in [3.8, 4) is 0 Å². The Kier molecular flexibility index (Phi) is 9.27. The van der Waals surface area contributed by atoms with Crippen LogP contribution in [0.5, 0.6) is 0 Å². The van der Waals surface area contributed by atoms with E-state index in [4.69, 9.17) is 0 Å². The lowest BCUT2D eigenvalue weighted by Gasteiger charge is -2.19. The van der Waals surface area contributed by atoms with Crippen LogP contribution in [0.3, 0.4) is 0 Å². The van der Waals surface area contributed by atoms with Gasteiger partial charge in [-0.25, -0.2) is 0 Å². The predicted molar refractivity (Wildman–Crippen MR) is 118 cm³/mol. The second kappa shape index (κ2) is 12.1. The molecule has 0 saturated heterocycles. The molecule has 0 saturated carbocycles. The molecule has 0 fully saturated rings. The average molecular weight is 442 g/mol. The highest BCUT2D eigenvalue weighted by Crippen LogP contribution is 2.22. The number of benzene rings is 2. The minimum Gasteiger partial charge on any atom is -0.354 e. The molecule has 10 heteroatoms. The first-order valence-corrected chi connectivity index (χ1v) is 10.4. The zero-order valence-corrected chi connectivity index (χ0v) is 17.8. The zero-order valence-electron chi connectivity index (χ0n) is 17.8. The van der Waals surface area contributed by atoms with E-state index in [9.17, 15) is 29.8 Å². The normalized spacial score (nSPS) is 11.4. The Morgan fingerprint density at radius 2 is 1.56 bits per heavy atom. The summed E-state index contributed by atoms with van der Waals surface area (Å²) in [6, 6.07) is 10.8. The standard InChI is InChI=1S/C22H26N4O6/c1-2-3-4-8-11-23-22(28)20(12-16-9-6-5-7-10-16)24-21(27)17-13-18(25(29)30)15-19(14-17)26(31)32/h5-7,9-10,13-15,20H,2-4,8,11-12H2,1H3,(H,23,28)(H,24,27)/t20-/m0/s1. The first kappa shape index (κ1) is 24.4. The van der Waals surface area contributed by atoms with Gasteiger partial charge in [-0.05, 0) is 12.0 Å². The van der Waals surface area contributed by atoms with Crippen LogP contribution in [-0.4, -0.2) is 34.2 Å². The highest BCUT2D eigenvalue weighted by atomic mass is 16.6. The molecule has 0 unspecified atom stereocenters. The molecule has 0 aliphatic carbocycles. The molecule has 0 aromatic heterocycles. The molecule has 0 aliphatic rings. The van der Waals surface area contributed by atoms with E-state index < -0.39 is 39.1 Å². The van der Waals surface area contributed by atoms with Gasteiger partial charge in [-0.1, -0.05) is 56.5 Å². The topological polar surface area (TPSA) is 144 Å². The van der Waals surface area contributed by atoms with Gasteiger partial charge in [-0.3, -0.25) is 29.8 Å². The van der Waals surface area contributed by atoms with E-state index in [1.807, 2.05) is 18.2 Å². The Bertz CT molecular complexity index is 932. The fraction of sp³-hybridized carbons (Fsp3) is 0.364. The van der Waals surface area contributed by atoms with Crippen molar-refractivity contribution in [2.24, 2.45) is 0 Å². The third kappa shape index (κ3) is 7.46. The van der Waals surface area contributed by atoms with E-state index in [0.29, 0.717) is 6.54 Å². The molecule has 0 radical (unpaired) electrons. The molecule has 32 heavy (non-hydrogen) atoms. The Morgan fingerprint density at radius 3 is 2.12 bits per heavy atom. The number of hydrogen-bond donors (Lipinski definition) is 2. The van der Waals surface area contributed by atoms with Gasteiger partial charge >= 0.3 is 0 Å². The van der Waals surface area contributed by atoms with Crippen LogP contribution in [0, 0.1) is 20.2 Å². The molecule has 10 nitrogen and oxygen atoms in total. The molecule has 170 valence electrons. The summed E-state index contributed by atoms with van der Waals surface area (Å²) in [4.78, 5) is 46.1. The molecule has 2 amide bonds. The lowest BCUT2D eigenvalue weighted by atomic mass is 10.0. The van der Waals surface area contributed by atoms with Gasteiger partial charge in [0, 0.05) is 25.1 Å². The lowest BCUT2D eigenvalue weighted by molar-refractivity contribution is -0.394. The Labute approximate surface area is 185 Å². The Morgan fingerprint density at radius 1 is 0.938 bits per heavy atom. The van der Waals surface area contributed by atoms with Crippen molar-refractivity contribution in [2.45, 2.75) is 45.1 Å². The molecule has 0 heterocycles. The van der Waals surface area contributed by atoms with Gasteiger partial charge in [0.25, 0.3) is 17.3 Å². The largest absolute Gasteiger partial charge is 0.354 e. The number of hydrogen-bond acceptors (Lipinski definition) is 6. The van der Waals surface area contributed by atoms with Crippen LogP contribution in [-0.2, 0) is 11.2 Å². The molecule has 0 aliphatic heterocycles. The molecule has 0 bridgehead atoms. The van der Waals surface area contributed by atoms with Crippen molar-refractivity contribution in [2.75, 3.05) is 6.54 Å². The molecular weight excluding hydrogens is 416 g/mol. The number of nitro benzene ring substituents is 2. The third-order valence-corrected chi connectivity index (χ3v) is 4.82. The van der Waals surface area contributed by atoms with E-state index >= 15 is 0 Å². The van der Waals surface area contributed by atoms with Gasteiger partial charge < -0.3 is 10.6 Å². The maximum atomic E-state index is 12.8. The fourth-order valence-corrected chi connectivity index (χ4v) is 3.12. The highest BCUT2D eigenvalue weighted by Gasteiger charge is 2.25. The van der Waals surface area contributed by atoms with Crippen LogP contribution in [0.25, 0.3) is 0 Å².